The highest BCUT2D eigenvalue weighted by Crippen LogP contribution is 2.43. The van der Waals surface area contributed by atoms with Gasteiger partial charge in [0.05, 0.1) is 19.7 Å². The molecule has 2 aliphatic rings. The van der Waals surface area contributed by atoms with E-state index in [-0.39, 0.29) is 35.9 Å². The second-order valence-corrected chi connectivity index (χ2v) is 8.97. The molecule has 0 unspecified atom stereocenters. The molecule has 1 aliphatic carbocycles. The van der Waals surface area contributed by atoms with Crippen molar-refractivity contribution in [2.45, 2.75) is 37.9 Å². The third-order valence-corrected chi connectivity index (χ3v) is 7.07. The minimum atomic E-state index is -0.893. The minimum Gasteiger partial charge on any atom is -0.496 e. The van der Waals surface area contributed by atoms with E-state index in [1.165, 1.54) is 17.0 Å². The zero-order valence-electron chi connectivity index (χ0n) is 18.8. The number of nitriles is 1. The smallest absolute Gasteiger partial charge is 0.325 e. The van der Waals surface area contributed by atoms with Crippen LogP contribution in [0.3, 0.4) is 0 Å². The summed E-state index contributed by atoms with van der Waals surface area (Å²) in [5, 5.41) is 13.2. The molecule has 0 spiro atoms. The van der Waals surface area contributed by atoms with Crippen molar-refractivity contribution in [1.82, 2.24) is 24.8 Å². The summed E-state index contributed by atoms with van der Waals surface area (Å²) in [5.41, 5.74) is 0.829. The predicted molar refractivity (Wildman–Crippen MR) is 123 cm³/mol. The number of carbonyl (C=O) groups is 2. The Labute approximate surface area is 195 Å². The van der Waals surface area contributed by atoms with Crippen molar-refractivity contribution in [2.75, 3.05) is 13.7 Å². The summed E-state index contributed by atoms with van der Waals surface area (Å²) in [6, 6.07) is 7.82. The summed E-state index contributed by atoms with van der Waals surface area (Å²) in [6.45, 7) is 0.531. The zero-order valence-corrected chi connectivity index (χ0v) is 18.8. The molecule has 1 aliphatic heterocycles. The lowest BCUT2D eigenvalue weighted by Gasteiger charge is -2.27. The molecule has 2 amide bonds. The van der Waals surface area contributed by atoms with Crippen LogP contribution in [0, 0.1) is 23.2 Å². The summed E-state index contributed by atoms with van der Waals surface area (Å²) >= 11 is 0. The van der Waals surface area contributed by atoms with Crippen molar-refractivity contribution < 1.29 is 14.3 Å². The van der Waals surface area contributed by atoms with Gasteiger partial charge in [0.1, 0.15) is 23.5 Å². The maximum atomic E-state index is 13.6. The number of fused-ring (bicyclic) bond motifs is 2. The van der Waals surface area contributed by atoms with Crippen LogP contribution in [0.4, 0.5) is 0 Å². The molecule has 3 aromatic rings. The average Bonchev–Trinajstić information content (AvgIpc) is 3.61. The molecular weight excluding hydrogens is 436 g/mol. The molecule has 5 rings (SSSR count). The molecule has 0 radical (unpaired) electrons. The maximum Gasteiger partial charge on any atom is 0.325 e. The Kier molecular flexibility index (Phi) is 5.61. The van der Waals surface area contributed by atoms with Gasteiger partial charge in [0.25, 0.3) is 5.91 Å². The van der Waals surface area contributed by atoms with Gasteiger partial charge >= 0.3 is 5.69 Å². The van der Waals surface area contributed by atoms with Gasteiger partial charge in [-0.3, -0.25) is 14.2 Å². The highest BCUT2D eigenvalue weighted by Gasteiger charge is 2.50. The lowest BCUT2D eigenvalue weighted by Crippen LogP contribution is -2.51. The number of imidazole rings is 1. The lowest BCUT2D eigenvalue weighted by molar-refractivity contribution is -0.126. The monoisotopic (exact) mass is 462 g/mol. The largest absolute Gasteiger partial charge is 0.496 e. The number of H-pyrrole nitrogens is 2. The van der Waals surface area contributed by atoms with Crippen molar-refractivity contribution in [3.05, 3.63) is 52.8 Å². The first-order chi connectivity index (χ1) is 16.5. The van der Waals surface area contributed by atoms with Gasteiger partial charge in [0.2, 0.25) is 5.91 Å². The number of hydrogen-bond acceptors (Lipinski definition) is 5. The summed E-state index contributed by atoms with van der Waals surface area (Å²) in [7, 11) is 1.58. The molecular formula is C24H26N6O4. The van der Waals surface area contributed by atoms with Crippen LogP contribution in [0.5, 0.6) is 5.75 Å². The number of likely N-dealkylation sites (tertiary alicyclic amines) is 1. The number of benzene rings is 1. The van der Waals surface area contributed by atoms with E-state index in [4.69, 9.17) is 4.74 Å². The molecule has 1 saturated carbocycles. The third-order valence-electron chi connectivity index (χ3n) is 7.07. The fourth-order valence-electron chi connectivity index (χ4n) is 5.49. The molecule has 4 atom stereocenters. The molecule has 10 heteroatoms. The van der Waals surface area contributed by atoms with Gasteiger partial charge in [-0.1, -0.05) is 12.5 Å². The van der Waals surface area contributed by atoms with Gasteiger partial charge in [-0.25, -0.2) is 4.79 Å². The summed E-state index contributed by atoms with van der Waals surface area (Å²) in [6.07, 6.45) is 5.86. The van der Waals surface area contributed by atoms with Gasteiger partial charge in [-0.2, -0.15) is 5.26 Å². The maximum absolute atomic E-state index is 13.6. The topological polar surface area (TPSA) is 136 Å². The number of amides is 2. The number of rotatable bonds is 6. The van der Waals surface area contributed by atoms with Gasteiger partial charge < -0.3 is 24.9 Å². The molecule has 176 valence electrons. The first kappa shape index (κ1) is 21.8. The third kappa shape index (κ3) is 3.73. The van der Waals surface area contributed by atoms with E-state index >= 15 is 0 Å². The number of nitrogens with one attached hydrogen (secondary N) is 3. The average molecular weight is 463 g/mol. The summed E-state index contributed by atoms with van der Waals surface area (Å²) in [5.74, 6) is 0.371. The fourth-order valence-corrected chi connectivity index (χ4v) is 5.49. The zero-order chi connectivity index (χ0) is 23.8. The van der Waals surface area contributed by atoms with E-state index in [9.17, 15) is 19.6 Å². The quantitative estimate of drug-likeness (QED) is 0.511. The van der Waals surface area contributed by atoms with Crippen LogP contribution in [0.2, 0.25) is 0 Å². The molecule has 3 N–H and O–H groups in total. The highest BCUT2D eigenvalue weighted by atomic mass is 16.5. The van der Waals surface area contributed by atoms with Crippen LogP contribution in [0.1, 0.15) is 29.8 Å². The second-order valence-electron chi connectivity index (χ2n) is 8.97. The molecule has 10 nitrogen and oxygen atoms in total. The van der Waals surface area contributed by atoms with E-state index in [0.29, 0.717) is 18.0 Å². The number of ether oxygens (including phenoxy) is 1. The Morgan fingerprint density at radius 1 is 1.35 bits per heavy atom. The van der Waals surface area contributed by atoms with E-state index in [1.807, 2.05) is 18.2 Å². The summed E-state index contributed by atoms with van der Waals surface area (Å²) in [4.78, 5) is 46.1. The number of nitrogens with zero attached hydrogens (tertiary/aromatic N) is 3. The Hall–Kier alpha value is -4.00. The van der Waals surface area contributed by atoms with Crippen molar-refractivity contribution >= 4 is 22.7 Å². The van der Waals surface area contributed by atoms with Crippen LogP contribution >= 0.6 is 0 Å². The number of aromatic amines is 2. The SMILES string of the molecule is COc1cccc2[nH]c(C(=O)N3C[C@@H]4CCC[C@@H]4[C@H]3C(=O)N[C@H](C#N)Cn3cc[nH]c3=O)cc12. The van der Waals surface area contributed by atoms with Crippen LogP contribution in [-0.4, -0.2) is 57.0 Å². The van der Waals surface area contributed by atoms with Crippen molar-refractivity contribution in [1.29, 1.82) is 5.26 Å². The van der Waals surface area contributed by atoms with E-state index in [0.717, 1.165) is 30.2 Å². The molecule has 0 bridgehead atoms. The Balaban J connectivity index is 1.40. The Morgan fingerprint density at radius 3 is 2.94 bits per heavy atom. The molecule has 2 fully saturated rings. The lowest BCUT2D eigenvalue weighted by atomic mass is 9.93. The molecule has 1 aromatic carbocycles. The van der Waals surface area contributed by atoms with Crippen LogP contribution in [0.15, 0.2) is 41.5 Å². The van der Waals surface area contributed by atoms with Crippen molar-refractivity contribution in [3.63, 3.8) is 0 Å². The van der Waals surface area contributed by atoms with Crippen molar-refractivity contribution in [2.24, 2.45) is 11.8 Å². The van der Waals surface area contributed by atoms with Crippen molar-refractivity contribution in [3.8, 4) is 11.8 Å². The van der Waals surface area contributed by atoms with Gasteiger partial charge in [-0.05, 0) is 42.9 Å². The van der Waals surface area contributed by atoms with E-state index in [2.05, 4.69) is 21.4 Å². The number of methoxy groups -OCH3 is 1. The first-order valence-electron chi connectivity index (χ1n) is 11.4. The van der Waals surface area contributed by atoms with Crippen LogP contribution < -0.4 is 15.7 Å². The normalized spacial score (nSPS) is 22.4. The molecule has 3 heterocycles. The van der Waals surface area contributed by atoms with Crippen LogP contribution in [-0.2, 0) is 11.3 Å². The fraction of sp³-hybridized carbons (Fsp3) is 0.417. The predicted octanol–water partition coefficient (Wildman–Crippen LogP) is 1.62. The van der Waals surface area contributed by atoms with E-state index < -0.39 is 12.1 Å². The highest BCUT2D eigenvalue weighted by molar-refractivity contribution is 6.02. The second kappa shape index (κ2) is 8.74. The number of aromatic nitrogens is 3. The van der Waals surface area contributed by atoms with E-state index in [1.54, 1.807) is 18.1 Å². The summed E-state index contributed by atoms with van der Waals surface area (Å²) < 4.78 is 6.74. The Morgan fingerprint density at radius 2 is 2.21 bits per heavy atom. The molecule has 34 heavy (non-hydrogen) atoms. The first-order valence-corrected chi connectivity index (χ1v) is 11.4. The van der Waals surface area contributed by atoms with Gasteiger partial charge in [0, 0.05) is 29.8 Å². The molecule has 1 saturated heterocycles. The minimum absolute atomic E-state index is 0.0289. The van der Waals surface area contributed by atoms with Gasteiger partial charge in [-0.15, -0.1) is 0 Å². The van der Waals surface area contributed by atoms with Gasteiger partial charge in [0.15, 0.2) is 0 Å². The standard InChI is InChI=1S/C24H26N6O4/c1-34-20-7-3-6-18-17(20)10-19(28-18)23(32)30-12-14-4-2-5-16(14)21(30)22(31)27-15(11-25)13-29-9-8-26-24(29)33/h3,6-10,14-16,21,28H,2,4-5,12-13H2,1H3,(H,26,33)(H,27,31)/t14-,15+,16-,21-/m0/s1. The number of carbonyl (C=O) groups excluding carboxylic acids is 2. The Bertz CT molecular complexity index is 1330. The number of hydrogen-bond donors (Lipinski definition) is 3. The van der Waals surface area contributed by atoms with Crippen LogP contribution in [0.25, 0.3) is 10.9 Å². The molecule has 2 aromatic heterocycles.